The number of hydrogen-bond donors (Lipinski definition) is 1. The Labute approximate surface area is 209 Å². The summed E-state index contributed by atoms with van der Waals surface area (Å²) in [6, 6.07) is 27.4. The van der Waals surface area contributed by atoms with Crippen molar-refractivity contribution in [2.45, 2.75) is 50.0 Å². The van der Waals surface area contributed by atoms with Crippen molar-refractivity contribution in [3.8, 4) is 5.75 Å². The second-order valence-electron chi connectivity index (χ2n) is 10.2. The summed E-state index contributed by atoms with van der Waals surface area (Å²) in [6.45, 7) is 1.80. The maximum atomic E-state index is 13.4. The number of nitrogens with two attached hydrogens (primary N) is 1. The average Bonchev–Trinajstić information content (AvgIpc) is 3.37. The molecule has 0 aromatic heterocycles. The molecule has 3 aromatic rings. The molecule has 1 heterocycles. The van der Waals surface area contributed by atoms with Crippen molar-refractivity contribution < 1.29 is 9.53 Å². The van der Waals surface area contributed by atoms with Crippen molar-refractivity contribution in [2.24, 2.45) is 11.7 Å². The van der Waals surface area contributed by atoms with E-state index in [2.05, 4.69) is 54.4 Å². The molecule has 4 heteroatoms. The van der Waals surface area contributed by atoms with Gasteiger partial charge in [-0.3, -0.25) is 4.79 Å². The maximum Gasteiger partial charge on any atom is 0.232 e. The van der Waals surface area contributed by atoms with Gasteiger partial charge in [0.1, 0.15) is 11.2 Å². The monoisotopic (exact) mass is 468 g/mol. The molecular formula is C31H36N2O2. The molecule has 3 aromatic carbocycles. The fraction of sp³-hybridized carbons (Fsp3) is 0.387. The Morgan fingerprint density at radius 2 is 1.69 bits per heavy atom. The molecule has 2 N–H and O–H groups in total. The zero-order valence-corrected chi connectivity index (χ0v) is 20.7. The predicted octanol–water partition coefficient (Wildman–Crippen LogP) is 5.13. The zero-order valence-electron chi connectivity index (χ0n) is 20.7. The van der Waals surface area contributed by atoms with Crippen molar-refractivity contribution in [1.82, 2.24) is 4.90 Å². The Bertz CT molecular complexity index is 1110. The summed E-state index contributed by atoms with van der Waals surface area (Å²) < 4.78 is 5.66. The number of primary amides is 1. The molecular weight excluding hydrogens is 432 g/mol. The maximum absolute atomic E-state index is 13.4. The molecule has 35 heavy (non-hydrogen) atoms. The third-order valence-electron chi connectivity index (χ3n) is 8.24. The van der Waals surface area contributed by atoms with Gasteiger partial charge in [-0.15, -0.1) is 0 Å². The van der Waals surface area contributed by atoms with E-state index < -0.39 is 5.41 Å². The van der Waals surface area contributed by atoms with Gasteiger partial charge in [0, 0.05) is 19.0 Å². The first-order valence-corrected chi connectivity index (χ1v) is 12.9. The quantitative estimate of drug-likeness (QED) is 0.499. The van der Waals surface area contributed by atoms with Crippen molar-refractivity contribution in [1.29, 1.82) is 0 Å². The van der Waals surface area contributed by atoms with Crippen LogP contribution in [0.3, 0.4) is 0 Å². The first kappa shape index (κ1) is 23.6. The molecule has 0 saturated heterocycles. The molecule has 0 radical (unpaired) electrons. The lowest BCUT2D eigenvalue weighted by Crippen LogP contribution is -2.51. The van der Waals surface area contributed by atoms with E-state index in [9.17, 15) is 4.79 Å². The number of benzene rings is 3. The van der Waals surface area contributed by atoms with Crippen LogP contribution in [-0.2, 0) is 23.1 Å². The molecule has 1 amide bonds. The number of rotatable bonds is 8. The van der Waals surface area contributed by atoms with Gasteiger partial charge in [-0.2, -0.15) is 0 Å². The molecule has 1 aliphatic carbocycles. The van der Waals surface area contributed by atoms with Crippen molar-refractivity contribution >= 4 is 5.91 Å². The largest absolute Gasteiger partial charge is 0.493 e. The number of carbonyl (C=O) groups is 1. The fourth-order valence-corrected chi connectivity index (χ4v) is 6.37. The molecule has 1 fully saturated rings. The zero-order chi connectivity index (χ0) is 24.3. The van der Waals surface area contributed by atoms with Gasteiger partial charge in [0.25, 0.3) is 0 Å². The van der Waals surface area contributed by atoms with E-state index in [1.165, 1.54) is 11.1 Å². The van der Waals surface area contributed by atoms with Gasteiger partial charge >= 0.3 is 0 Å². The third kappa shape index (κ3) is 4.60. The van der Waals surface area contributed by atoms with Crippen LogP contribution in [0.1, 0.15) is 47.9 Å². The molecule has 1 saturated carbocycles. The van der Waals surface area contributed by atoms with Crippen LogP contribution in [0, 0.1) is 5.92 Å². The highest BCUT2D eigenvalue weighted by atomic mass is 16.5. The third-order valence-corrected chi connectivity index (χ3v) is 8.24. The fourth-order valence-electron chi connectivity index (χ4n) is 6.37. The lowest BCUT2D eigenvalue weighted by Gasteiger charge is -2.45. The summed E-state index contributed by atoms with van der Waals surface area (Å²) in [4.78, 5) is 15.9. The lowest BCUT2D eigenvalue weighted by atomic mass is 9.60. The van der Waals surface area contributed by atoms with Crippen LogP contribution in [0.25, 0.3) is 0 Å². The molecule has 5 rings (SSSR count). The van der Waals surface area contributed by atoms with Gasteiger partial charge in [-0.25, -0.2) is 0 Å². The highest BCUT2D eigenvalue weighted by Gasteiger charge is 2.48. The van der Waals surface area contributed by atoms with E-state index in [1.54, 1.807) is 0 Å². The summed E-state index contributed by atoms with van der Waals surface area (Å²) in [5.74, 6) is 0.952. The van der Waals surface area contributed by atoms with Gasteiger partial charge in [0.15, 0.2) is 0 Å². The van der Waals surface area contributed by atoms with Crippen molar-refractivity contribution in [3.05, 3.63) is 101 Å². The number of amides is 1. The second kappa shape index (κ2) is 10.2. The number of fused-ring (bicyclic) bond motifs is 1. The Hall–Kier alpha value is -3.11. The highest BCUT2D eigenvalue weighted by molar-refractivity contribution is 5.91. The van der Waals surface area contributed by atoms with Crippen LogP contribution in [0.4, 0.5) is 0 Å². The highest BCUT2D eigenvalue weighted by Crippen LogP contribution is 2.46. The number of hydrogen-bond acceptors (Lipinski definition) is 3. The molecule has 2 atom stereocenters. The molecule has 2 aliphatic rings. The number of carbonyl (C=O) groups excluding carboxylic acids is 1. The number of nitrogens with zero attached hydrogens (tertiary/aromatic N) is 1. The predicted molar refractivity (Wildman–Crippen MR) is 141 cm³/mol. The van der Waals surface area contributed by atoms with Crippen molar-refractivity contribution in [3.63, 3.8) is 0 Å². The minimum atomic E-state index is -0.817. The number of ether oxygens (including phenoxy) is 1. The molecule has 2 unspecified atom stereocenters. The second-order valence-corrected chi connectivity index (χ2v) is 10.2. The molecule has 0 spiro atoms. The SMILES string of the molecule is CN(CCc1ccc2c(c1)CCO2)C1CCCC(C(C(N)=O)(c2ccccc2)c2ccccc2)C1. The number of likely N-dealkylation sites (N-methyl/N-ethyl adjacent to an activating group) is 1. The summed E-state index contributed by atoms with van der Waals surface area (Å²) in [6.07, 6.45) is 6.25. The minimum absolute atomic E-state index is 0.156. The summed E-state index contributed by atoms with van der Waals surface area (Å²) >= 11 is 0. The standard InChI is InChI=1S/C31H36N2O2/c1-33(19-17-23-15-16-29-24(21-23)18-20-35-29)28-14-8-13-27(22-28)31(30(32)34,25-9-4-2-5-10-25)26-11-6-3-7-12-26/h2-7,9-12,15-16,21,27-28H,8,13-14,17-20,22H2,1H3,(H2,32,34). The summed E-state index contributed by atoms with van der Waals surface area (Å²) in [5.41, 5.74) is 10.2. The van der Waals surface area contributed by atoms with Crippen LogP contribution >= 0.6 is 0 Å². The van der Waals surface area contributed by atoms with Crippen LogP contribution in [-0.4, -0.2) is 37.0 Å². The Balaban J connectivity index is 1.37. The Morgan fingerprint density at radius 3 is 2.34 bits per heavy atom. The van der Waals surface area contributed by atoms with Crippen LogP contribution < -0.4 is 10.5 Å². The summed E-state index contributed by atoms with van der Waals surface area (Å²) in [7, 11) is 2.24. The molecule has 182 valence electrons. The van der Waals surface area contributed by atoms with E-state index >= 15 is 0 Å². The van der Waals surface area contributed by atoms with Crippen LogP contribution in [0.5, 0.6) is 5.75 Å². The lowest BCUT2D eigenvalue weighted by molar-refractivity contribution is -0.124. The normalized spacial score (nSPS) is 19.8. The van der Waals surface area contributed by atoms with E-state index in [1.807, 2.05) is 36.4 Å². The topological polar surface area (TPSA) is 55.6 Å². The summed E-state index contributed by atoms with van der Waals surface area (Å²) in [5, 5.41) is 0. The van der Waals surface area contributed by atoms with Gasteiger partial charge in [0.05, 0.1) is 6.61 Å². The Kier molecular flexibility index (Phi) is 6.92. The van der Waals surface area contributed by atoms with Crippen LogP contribution in [0.15, 0.2) is 78.9 Å². The van der Waals surface area contributed by atoms with E-state index in [0.29, 0.717) is 6.04 Å². The van der Waals surface area contributed by atoms with E-state index in [0.717, 1.165) is 68.6 Å². The van der Waals surface area contributed by atoms with Gasteiger partial charge < -0.3 is 15.4 Å². The first-order valence-electron chi connectivity index (χ1n) is 12.9. The molecule has 1 aliphatic heterocycles. The molecule has 4 nitrogen and oxygen atoms in total. The smallest absolute Gasteiger partial charge is 0.232 e. The first-order chi connectivity index (χ1) is 17.1. The van der Waals surface area contributed by atoms with Crippen molar-refractivity contribution in [2.75, 3.05) is 20.2 Å². The molecule has 0 bridgehead atoms. The average molecular weight is 469 g/mol. The minimum Gasteiger partial charge on any atom is -0.493 e. The van der Waals surface area contributed by atoms with Gasteiger partial charge in [-0.1, -0.05) is 79.2 Å². The Morgan fingerprint density at radius 1 is 1.00 bits per heavy atom. The van der Waals surface area contributed by atoms with E-state index in [-0.39, 0.29) is 11.8 Å². The van der Waals surface area contributed by atoms with Gasteiger partial charge in [-0.05, 0) is 67.0 Å². The van der Waals surface area contributed by atoms with Crippen LogP contribution in [0.2, 0.25) is 0 Å². The van der Waals surface area contributed by atoms with Gasteiger partial charge in [0.2, 0.25) is 5.91 Å². The van der Waals surface area contributed by atoms with E-state index in [4.69, 9.17) is 10.5 Å².